The Morgan fingerprint density at radius 1 is 0.575 bits per heavy atom. The van der Waals surface area contributed by atoms with Crippen LogP contribution in [0.4, 0.5) is 4.39 Å². The van der Waals surface area contributed by atoms with E-state index in [4.69, 9.17) is 4.74 Å². The van der Waals surface area contributed by atoms with Crippen molar-refractivity contribution in [2.75, 3.05) is 0 Å². The van der Waals surface area contributed by atoms with Crippen LogP contribution in [-0.4, -0.2) is 5.11 Å². The molecule has 1 aliphatic heterocycles. The highest BCUT2D eigenvalue weighted by molar-refractivity contribution is 6.03. The molecule has 0 saturated heterocycles. The molecule has 0 fully saturated rings. The van der Waals surface area contributed by atoms with Crippen LogP contribution in [0.2, 0.25) is 0 Å². The quantitative estimate of drug-likeness (QED) is 0.251. The van der Waals surface area contributed by atoms with Crippen molar-refractivity contribution in [3.63, 3.8) is 0 Å². The van der Waals surface area contributed by atoms with E-state index in [2.05, 4.69) is 60.7 Å². The average molecular weight is 521 g/mol. The molecular weight excluding hydrogens is 495 g/mol. The molecule has 1 heterocycles. The van der Waals surface area contributed by atoms with Gasteiger partial charge < -0.3 is 9.84 Å². The van der Waals surface area contributed by atoms with Crippen molar-refractivity contribution >= 4 is 16.8 Å². The summed E-state index contributed by atoms with van der Waals surface area (Å²) in [5.41, 5.74) is 6.21. The van der Waals surface area contributed by atoms with Gasteiger partial charge in [0.15, 0.2) is 5.60 Å². The molecule has 7 rings (SSSR count). The lowest BCUT2D eigenvalue weighted by Crippen LogP contribution is -2.34. The Kier molecular flexibility index (Phi) is 5.71. The first-order valence-electron chi connectivity index (χ1n) is 13.3. The second-order valence-electron chi connectivity index (χ2n) is 10.0. The molecule has 0 saturated carbocycles. The predicted octanol–water partition coefficient (Wildman–Crippen LogP) is 9.37. The zero-order chi connectivity index (χ0) is 27.1. The average Bonchev–Trinajstić information content (AvgIpc) is 3.01. The molecule has 1 atom stereocenters. The Morgan fingerprint density at radius 2 is 1.15 bits per heavy atom. The predicted molar refractivity (Wildman–Crippen MR) is 160 cm³/mol. The fourth-order valence-electron chi connectivity index (χ4n) is 5.63. The minimum Gasteiger partial charge on any atom is -0.508 e. The number of rotatable bonds is 4. The van der Waals surface area contributed by atoms with E-state index in [0.717, 1.165) is 55.5 Å². The zero-order valence-electron chi connectivity index (χ0n) is 21.6. The van der Waals surface area contributed by atoms with Gasteiger partial charge in [0.05, 0.1) is 0 Å². The summed E-state index contributed by atoms with van der Waals surface area (Å²) in [6.07, 6.45) is 4.21. The molecule has 192 valence electrons. The summed E-state index contributed by atoms with van der Waals surface area (Å²) in [4.78, 5) is 0. The number of benzene rings is 6. The number of phenols is 1. The van der Waals surface area contributed by atoms with Gasteiger partial charge in [-0.15, -0.1) is 0 Å². The maximum Gasteiger partial charge on any atom is 0.178 e. The lowest BCUT2D eigenvalue weighted by atomic mass is 9.82. The van der Waals surface area contributed by atoms with Crippen molar-refractivity contribution in [3.8, 4) is 33.8 Å². The van der Waals surface area contributed by atoms with Gasteiger partial charge in [0.2, 0.25) is 0 Å². The van der Waals surface area contributed by atoms with E-state index in [9.17, 15) is 9.50 Å². The molecule has 1 unspecified atom stereocenters. The SMILES string of the molecule is Oc1ccc(-c2ccc(-c3cc4c(c5ccccc35)C=CC(c3ccccc3)(c3ccc(F)cc3)O4)cc2)cc1. The van der Waals surface area contributed by atoms with E-state index in [1.165, 1.54) is 12.1 Å². The topological polar surface area (TPSA) is 29.5 Å². The van der Waals surface area contributed by atoms with Gasteiger partial charge in [0.1, 0.15) is 17.3 Å². The van der Waals surface area contributed by atoms with Crippen molar-refractivity contribution in [1.29, 1.82) is 0 Å². The highest BCUT2D eigenvalue weighted by Crippen LogP contribution is 2.46. The molecule has 1 N–H and O–H groups in total. The van der Waals surface area contributed by atoms with Crippen molar-refractivity contribution in [3.05, 3.63) is 162 Å². The van der Waals surface area contributed by atoms with E-state index in [0.29, 0.717) is 0 Å². The minimum absolute atomic E-state index is 0.252. The van der Waals surface area contributed by atoms with Crippen molar-refractivity contribution in [2.24, 2.45) is 0 Å². The molecule has 1 aliphatic rings. The summed E-state index contributed by atoms with van der Waals surface area (Å²) in [6.45, 7) is 0. The first-order chi connectivity index (χ1) is 19.6. The molecule has 0 spiro atoms. The molecule has 6 aromatic rings. The van der Waals surface area contributed by atoms with Crippen LogP contribution < -0.4 is 4.74 Å². The van der Waals surface area contributed by atoms with Crippen LogP contribution in [0.15, 0.2) is 140 Å². The molecule has 40 heavy (non-hydrogen) atoms. The van der Waals surface area contributed by atoms with Crippen molar-refractivity contribution < 1.29 is 14.2 Å². The van der Waals surface area contributed by atoms with Gasteiger partial charge in [0, 0.05) is 16.7 Å². The van der Waals surface area contributed by atoms with Gasteiger partial charge in [0.25, 0.3) is 0 Å². The lowest BCUT2D eigenvalue weighted by molar-refractivity contribution is 0.161. The molecular formula is C37H25FO2. The van der Waals surface area contributed by atoms with Crippen LogP contribution in [0.5, 0.6) is 11.5 Å². The Hall–Kier alpha value is -5.15. The number of halogens is 1. The summed E-state index contributed by atoms with van der Waals surface area (Å²) in [6, 6.07) is 42.8. The second-order valence-corrected chi connectivity index (χ2v) is 10.0. The van der Waals surface area contributed by atoms with Gasteiger partial charge in [-0.1, -0.05) is 103 Å². The number of phenolic OH excluding ortho intramolecular Hbond substituents is 1. The lowest BCUT2D eigenvalue weighted by Gasteiger charge is -2.36. The molecule has 0 aromatic heterocycles. The van der Waals surface area contributed by atoms with E-state index in [1.54, 1.807) is 24.3 Å². The standard InChI is InChI=1S/C37H25FO2/c38-30-18-16-29(17-19-30)37(28-6-2-1-3-7-28)23-22-34-32-8-4-5-9-33(32)35(24-36(34)40-37)27-12-10-25(11-13-27)26-14-20-31(39)21-15-26/h1-24,39H. The van der Waals surface area contributed by atoms with Gasteiger partial charge in [-0.25, -0.2) is 4.39 Å². The maximum absolute atomic E-state index is 13.9. The minimum atomic E-state index is -0.898. The van der Waals surface area contributed by atoms with E-state index >= 15 is 0 Å². The van der Waals surface area contributed by atoms with Crippen LogP contribution >= 0.6 is 0 Å². The molecule has 0 bridgehead atoms. The monoisotopic (exact) mass is 520 g/mol. The van der Waals surface area contributed by atoms with Crippen LogP contribution in [0.25, 0.3) is 39.1 Å². The van der Waals surface area contributed by atoms with Gasteiger partial charge in [-0.05, 0) is 75.5 Å². The largest absolute Gasteiger partial charge is 0.508 e. The Labute approximate surface area is 232 Å². The molecule has 2 nitrogen and oxygen atoms in total. The van der Waals surface area contributed by atoms with Gasteiger partial charge in [-0.3, -0.25) is 0 Å². The molecule has 0 aliphatic carbocycles. The summed E-state index contributed by atoms with van der Waals surface area (Å²) < 4.78 is 20.9. The smallest absolute Gasteiger partial charge is 0.178 e. The van der Waals surface area contributed by atoms with E-state index in [1.807, 2.05) is 48.5 Å². The van der Waals surface area contributed by atoms with Gasteiger partial charge in [-0.2, -0.15) is 0 Å². The molecule has 0 radical (unpaired) electrons. The van der Waals surface area contributed by atoms with Gasteiger partial charge >= 0.3 is 0 Å². The third-order valence-electron chi connectivity index (χ3n) is 7.68. The van der Waals surface area contributed by atoms with Crippen molar-refractivity contribution in [1.82, 2.24) is 0 Å². The van der Waals surface area contributed by atoms with E-state index < -0.39 is 5.60 Å². The van der Waals surface area contributed by atoms with Crippen LogP contribution in [0.1, 0.15) is 16.7 Å². The first-order valence-corrected chi connectivity index (χ1v) is 13.3. The second kappa shape index (κ2) is 9.55. The Bertz CT molecular complexity index is 1860. The molecule has 0 amide bonds. The maximum atomic E-state index is 13.9. The third kappa shape index (κ3) is 4.04. The number of hydrogen-bond acceptors (Lipinski definition) is 2. The van der Waals surface area contributed by atoms with E-state index in [-0.39, 0.29) is 11.6 Å². The number of fused-ring (bicyclic) bond motifs is 3. The van der Waals surface area contributed by atoms with Crippen LogP contribution in [0.3, 0.4) is 0 Å². The Balaban J connectivity index is 1.38. The normalized spacial score (nSPS) is 15.9. The fourth-order valence-corrected chi connectivity index (χ4v) is 5.63. The number of ether oxygens (including phenoxy) is 1. The fraction of sp³-hybridized carbons (Fsp3) is 0.0270. The third-order valence-corrected chi connectivity index (χ3v) is 7.68. The molecule has 6 aromatic carbocycles. The van der Waals surface area contributed by atoms with Crippen LogP contribution in [-0.2, 0) is 5.60 Å². The highest BCUT2D eigenvalue weighted by Gasteiger charge is 2.37. The first kappa shape index (κ1) is 23.9. The number of hydrogen-bond donors (Lipinski definition) is 1. The summed E-state index contributed by atoms with van der Waals surface area (Å²) in [5, 5.41) is 11.9. The van der Waals surface area contributed by atoms with Crippen LogP contribution in [0, 0.1) is 5.82 Å². The highest BCUT2D eigenvalue weighted by atomic mass is 19.1. The summed E-state index contributed by atoms with van der Waals surface area (Å²) >= 11 is 0. The van der Waals surface area contributed by atoms with Crippen molar-refractivity contribution in [2.45, 2.75) is 5.60 Å². The Morgan fingerprint density at radius 3 is 1.85 bits per heavy atom. The number of aromatic hydroxyl groups is 1. The zero-order valence-corrected chi connectivity index (χ0v) is 21.6. The molecule has 3 heteroatoms. The summed E-state index contributed by atoms with van der Waals surface area (Å²) in [7, 11) is 0. The summed E-state index contributed by atoms with van der Waals surface area (Å²) in [5.74, 6) is 0.741.